The molecule has 0 amide bonds. The first-order valence-electron chi connectivity index (χ1n) is 6.67. The number of halogens is 1. The van der Waals surface area contributed by atoms with Crippen molar-refractivity contribution in [2.75, 3.05) is 24.5 Å². The van der Waals surface area contributed by atoms with Crippen LogP contribution in [0.25, 0.3) is 0 Å². The van der Waals surface area contributed by atoms with E-state index in [1.165, 1.54) is 6.33 Å². The van der Waals surface area contributed by atoms with Crippen molar-refractivity contribution in [1.29, 1.82) is 0 Å². The van der Waals surface area contributed by atoms with Crippen LogP contribution in [0.1, 0.15) is 31.9 Å². The number of hydrogen-bond donors (Lipinski definition) is 1. The zero-order chi connectivity index (χ0) is 13.0. The van der Waals surface area contributed by atoms with Gasteiger partial charge in [0.1, 0.15) is 6.33 Å². The summed E-state index contributed by atoms with van der Waals surface area (Å²) in [7, 11) is 0. The normalized spacial score (nSPS) is 20.2. The lowest BCUT2D eigenvalue weighted by molar-refractivity contribution is 0.417. The first-order chi connectivity index (χ1) is 8.72. The van der Waals surface area contributed by atoms with Crippen LogP contribution in [0.15, 0.2) is 6.33 Å². The smallest absolute Gasteiger partial charge is 0.186 e. The number of anilines is 1. The highest BCUT2D eigenvalue weighted by Gasteiger charge is 2.23. The van der Waals surface area contributed by atoms with E-state index in [4.69, 9.17) is 0 Å². The van der Waals surface area contributed by atoms with Gasteiger partial charge in [0.15, 0.2) is 11.6 Å². The van der Waals surface area contributed by atoms with Crippen LogP contribution in [0.4, 0.5) is 10.2 Å². The lowest BCUT2D eigenvalue weighted by Gasteiger charge is -2.34. The second kappa shape index (κ2) is 6.09. The predicted molar refractivity (Wildman–Crippen MR) is 70.3 cm³/mol. The molecule has 2 rings (SSSR count). The molecule has 1 N–H and O–H groups in total. The zero-order valence-electron chi connectivity index (χ0n) is 11.1. The molecule has 2 heterocycles. The first-order valence-corrected chi connectivity index (χ1v) is 6.67. The van der Waals surface area contributed by atoms with E-state index in [1.54, 1.807) is 6.92 Å². The lowest BCUT2D eigenvalue weighted by atomic mass is 10.1. The van der Waals surface area contributed by atoms with Gasteiger partial charge in [-0.3, -0.25) is 0 Å². The van der Waals surface area contributed by atoms with E-state index < -0.39 is 0 Å². The maximum absolute atomic E-state index is 14.0. The van der Waals surface area contributed by atoms with Crippen molar-refractivity contribution in [2.45, 2.75) is 39.2 Å². The third-order valence-electron chi connectivity index (χ3n) is 3.35. The highest BCUT2D eigenvalue weighted by atomic mass is 19.1. The lowest BCUT2D eigenvalue weighted by Crippen LogP contribution is -2.46. The summed E-state index contributed by atoms with van der Waals surface area (Å²) in [4.78, 5) is 9.99. The second-order valence-corrected chi connectivity index (χ2v) is 4.84. The maximum atomic E-state index is 14.0. The molecule has 0 spiro atoms. The SMILES string of the molecule is CCCNC1CCCN(c2ncnc(C)c2F)C1. The fourth-order valence-electron chi connectivity index (χ4n) is 2.35. The number of nitrogens with zero attached hydrogens (tertiary/aromatic N) is 3. The predicted octanol–water partition coefficient (Wildman–Crippen LogP) is 1.89. The van der Waals surface area contributed by atoms with Crippen molar-refractivity contribution in [3.8, 4) is 0 Å². The molecule has 18 heavy (non-hydrogen) atoms. The first kappa shape index (κ1) is 13.2. The number of aromatic nitrogens is 2. The standard InChI is InChI=1S/C13H21FN4/c1-3-6-15-11-5-4-7-18(8-11)13-12(14)10(2)16-9-17-13/h9,11,15H,3-8H2,1-2H3. The summed E-state index contributed by atoms with van der Waals surface area (Å²) in [5, 5.41) is 3.50. The minimum absolute atomic E-state index is 0.284. The molecule has 1 atom stereocenters. The monoisotopic (exact) mass is 252 g/mol. The van der Waals surface area contributed by atoms with Crippen LogP contribution < -0.4 is 10.2 Å². The van der Waals surface area contributed by atoms with Gasteiger partial charge in [0, 0.05) is 19.1 Å². The molecule has 1 aromatic rings. The number of rotatable bonds is 4. The summed E-state index contributed by atoms with van der Waals surface area (Å²) in [5.41, 5.74) is 0.420. The fourth-order valence-corrected chi connectivity index (χ4v) is 2.35. The topological polar surface area (TPSA) is 41.0 Å². The largest absolute Gasteiger partial charge is 0.353 e. The Kier molecular flexibility index (Phi) is 4.47. The molecule has 1 aromatic heterocycles. The Labute approximate surface area is 108 Å². The molecular formula is C13H21FN4. The van der Waals surface area contributed by atoms with E-state index in [9.17, 15) is 4.39 Å². The molecule has 100 valence electrons. The van der Waals surface area contributed by atoms with Crippen molar-refractivity contribution in [2.24, 2.45) is 0 Å². The average molecular weight is 252 g/mol. The van der Waals surface area contributed by atoms with Crippen molar-refractivity contribution in [3.05, 3.63) is 17.8 Å². The van der Waals surface area contributed by atoms with Gasteiger partial charge in [0.05, 0.1) is 5.69 Å². The van der Waals surface area contributed by atoms with Crippen LogP contribution >= 0.6 is 0 Å². The molecule has 0 aromatic carbocycles. The van der Waals surface area contributed by atoms with Crippen molar-refractivity contribution in [3.63, 3.8) is 0 Å². The maximum Gasteiger partial charge on any atom is 0.186 e. The van der Waals surface area contributed by atoms with E-state index in [0.717, 1.165) is 38.9 Å². The Bertz CT molecular complexity index is 397. The summed E-state index contributed by atoms with van der Waals surface area (Å²) in [6.07, 6.45) is 4.79. The van der Waals surface area contributed by atoms with E-state index in [0.29, 0.717) is 17.6 Å². The molecule has 4 nitrogen and oxygen atoms in total. The minimum Gasteiger partial charge on any atom is -0.353 e. The molecule has 0 radical (unpaired) electrons. The molecule has 1 aliphatic rings. The third kappa shape index (κ3) is 2.96. The highest BCUT2D eigenvalue weighted by Crippen LogP contribution is 2.21. The van der Waals surface area contributed by atoms with E-state index in [-0.39, 0.29) is 5.82 Å². The molecule has 1 fully saturated rings. The van der Waals surface area contributed by atoms with Crippen LogP contribution in [0.5, 0.6) is 0 Å². The van der Waals surface area contributed by atoms with Crippen LogP contribution in [-0.2, 0) is 0 Å². The van der Waals surface area contributed by atoms with Gasteiger partial charge in [-0.25, -0.2) is 14.4 Å². The van der Waals surface area contributed by atoms with Crippen LogP contribution in [-0.4, -0.2) is 35.6 Å². The van der Waals surface area contributed by atoms with Crippen LogP contribution in [0, 0.1) is 12.7 Å². The van der Waals surface area contributed by atoms with Gasteiger partial charge in [-0.2, -0.15) is 0 Å². The molecule has 1 saturated heterocycles. The summed E-state index contributed by atoms with van der Waals surface area (Å²) < 4.78 is 14.0. The van der Waals surface area contributed by atoms with E-state index in [1.807, 2.05) is 4.90 Å². The molecular weight excluding hydrogens is 231 g/mol. The quantitative estimate of drug-likeness (QED) is 0.888. The van der Waals surface area contributed by atoms with Gasteiger partial charge in [-0.05, 0) is 32.7 Å². The Morgan fingerprint density at radius 3 is 3.11 bits per heavy atom. The summed E-state index contributed by atoms with van der Waals surface area (Å²) in [6, 6.07) is 0.438. The summed E-state index contributed by atoms with van der Waals surface area (Å²) in [6.45, 7) is 6.55. The van der Waals surface area contributed by atoms with Crippen molar-refractivity contribution >= 4 is 5.82 Å². The van der Waals surface area contributed by atoms with Gasteiger partial charge >= 0.3 is 0 Å². The molecule has 0 bridgehead atoms. The van der Waals surface area contributed by atoms with Crippen LogP contribution in [0.2, 0.25) is 0 Å². The Balaban J connectivity index is 2.06. The number of aryl methyl sites for hydroxylation is 1. The van der Waals surface area contributed by atoms with E-state index in [2.05, 4.69) is 22.2 Å². The Morgan fingerprint density at radius 2 is 2.33 bits per heavy atom. The number of nitrogens with one attached hydrogen (secondary N) is 1. The molecule has 1 unspecified atom stereocenters. The molecule has 0 aliphatic carbocycles. The zero-order valence-corrected chi connectivity index (χ0v) is 11.1. The Morgan fingerprint density at radius 1 is 1.50 bits per heavy atom. The summed E-state index contributed by atoms with van der Waals surface area (Å²) in [5.74, 6) is 0.166. The van der Waals surface area contributed by atoms with E-state index >= 15 is 0 Å². The second-order valence-electron chi connectivity index (χ2n) is 4.84. The van der Waals surface area contributed by atoms with Crippen molar-refractivity contribution < 1.29 is 4.39 Å². The van der Waals surface area contributed by atoms with Crippen molar-refractivity contribution in [1.82, 2.24) is 15.3 Å². The fraction of sp³-hybridized carbons (Fsp3) is 0.692. The van der Waals surface area contributed by atoms with Crippen LogP contribution in [0.3, 0.4) is 0 Å². The molecule has 1 aliphatic heterocycles. The highest BCUT2D eigenvalue weighted by molar-refractivity contribution is 5.41. The average Bonchev–Trinajstić information content (AvgIpc) is 2.40. The number of piperidine rings is 1. The minimum atomic E-state index is -0.284. The van der Waals surface area contributed by atoms with Gasteiger partial charge in [0.25, 0.3) is 0 Å². The molecule has 5 heteroatoms. The van der Waals surface area contributed by atoms with Gasteiger partial charge in [-0.1, -0.05) is 6.92 Å². The van der Waals surface area contributed by atoms with Gasteiger partial charge in [-0.15, -0.1) is 0 Å². The summed E-state index contributed by atoms with van der Waals surface area (Å²) >= 11 is 0. The van der Waals surface area contributed by atoms with Gasteiger partial charge in [0.2, 0.25) is 0 Å². The number of hydrogen-bond acceptors (Lipinski definition) is 4. The van der Waals surface area contributed by atoms with Gasteiger partial charge < -0.3 is 10.2 Å². The third-order valence-corrected chi connectivity index (χ3v) is 3.35. The molecule has 0 saturated carbocycles. The Hall–Kier alpha value is -1.23.